The third-order valence-corrected chi connectivity index (χ3v) is 8.43. The lowest BCUT2D eigenvalue weighted by Crippen LogP contribution is -2.23. The van der Waals surface area contributed by atoms with Crippen molar-refractivity contribution in [2.75, 3.05) is 19.0 Å². The number of thiophene rings is 1. The molecule has 206 valence electrons. The fourth-order valence-electron chi connectivity index (χ4n) is 4.80. The zero-order valence-corrected chi connectivity index (χ0v) is 24.1. The summed E-state index contributed by atoms with van der Waals surface area (Å²) in [5.74, 6) is 0.523. The van der Waals surface area contributed by atoms with Crippen molar-refractivity contribution < 1.29 is 23.8 Å². The molecule has 1 aliphatic carbocycles. The van der Waals surface area contributed by atoms with Crippen molar-refractivity contribution in [1.82, 2.24) is 0 Å². The van der Waals surface area contributed by atoms with E-state index in [-0.39, 0.29) is 5.97 Å². The third kappa shape index (κ3) is 5.71. The van der Waals surface area contributed by atoms with Crippen LogP contribution in [0.4, 0.5) is 10.5 Å². The number of rotatable bonds is 9. The Balaban J connectivity index is 1.35. The predicted octanol–water partition coefficient (Wildman–Crippen LogP) is 8.65. The first-order valence-corrected chi connectivity index (χ1v) is 14.3. The zero-order chi connectivity index (χ0) is 28.3. The Hall–Kier alpha value is -3.81. The first-order chi connectivity index (χ1) is 19.3. The zero-order valence-electron chi connectivity index (χ0n) is 22.5. The van der Waals surface area contributed by atoms with Crippen LogP contribution >= 0.6 is 22.9 Å². The molecule has 1 aromatic heterocycles. The number of amides is 1. The summed E-state index contributed by atoms with van der Waals surface area (Å²) in [7, 11) is 1.62. The van der Waals surface area contributed by atoms with Crippen molar-refractivity contribution in [2.45, 2.75) is 38.2 Å². The highest BCUT2D eigenvalue weighted by molar-refractivity contribution is 7.20. The summed E-state index contributed by atoms with van der Waals surface area (Å²) in [6.45, 7) is 4.03. The number of nitrogens with one attached hydrogen (secondary N) is 1. The summed E-state index contributed by atoms with van der Waals surface area (Å²) < 4.78 is 17.2. The predicted molar refractivity (Wildman–Crippen MR) is 159 cm³/mol. The van der Waals surface area contributed by atoms with E-state index in [1.807, 2.05) is 86.6 Å². The topological polar surface area (TPSA) is 73.9 Å². The molecule has 1 saturated carbocycles. The SMILES string of the molecule is CCOC(=O)C1(c2ccc(-c3ccc(-c4sc(Cl)cc4NC(=O)OC(C)c4ccccc4)cc3OC)cc2)CC1. The van der Waals surface area contributed by atoms with E-state index in [2.05, 4.69) is 5.32 Å². The summed E-state index contributed by atoms with van der Waals surface area (Å²) in [6.07, 6.45) is 0.646. The second kappa shape index (κ2) is 11.7. The molecule has 1 N–H and O–H groups in total. The molecule has 1 aliphatic rings. The van der Waals surface area contributed by atoms with Crippen molar-refractivity contribution in [1.29, 1.82) is 0 Å². The molecule has 0 aliphatic heterocycles. The first-order valence-electron chi connectivity index (χ1n) is 13.1. The lowest BCUT2D eigenvalue weighted by atomic mass is 9.93. The van der Waals surface area contributed by atoms with E-state index in [4.69, 9.17) is 25.8 Å². The Morgan fingerprint density at radius 3 is 2.35 bits per heavy atom. The highest BCUT2D eigenvalue weighted by Crippen LogP contribution is 2.50. The lowest BCUT2D eigenvalue weighted by molar-refractivity contribution is -0.146. The minimum absolute atomic E-state index is 0.151. The average molecular weight is 576 g/mol. The molecule has 0 radical (unpaired) electrons. The van der Waals surface area contributed by atoms with Crippen LogP contribution in [0.1, 0.15) is 43.9 Å². The maximum Gasteiger partial charge on any atom is 0.412 e. The highest BCUT2D eigenvalue weighted by Gasteiger charge is 2.52. The quantitative estimate of drug-likeness (QED) is 0.202. The molecule has 1 amide bonds. The smallest absolute Gasteiger partial charge is 0.412 e. The number of carbonyl (C=O) groups excluding carboxylic acids is 2. The Morgan fingerprint density at radius 2 is 1.70 bits per heavy atom. The van der Waals surface area contributed by atoms with Gasteiger partial charge in [0.25, 0.3) is 0 Å². The molecule has 1 heterocycles. The molecule has 8 heteroatoms. The number of halogens is 1. The fourth-order valence-corrected chi connectivity index (χ4v) is 5.98. The molecule has 4 aromatic rings. The molecule has 1 fully saturated rings. The van der Waals surface area contributed by atoms with Crippen molar-refractivity contribution in [3.63, 3.8) is 0 Å². The lowest BCUT2D eigenvalue weighted by Gasteiger charge is -2.16. The van der Waals surface area contributed by atoms with Crippen molar-refractivity contribution in [3.8, 4) is 27.3 Å². The molecule has 3 aromatic carbocycles. The molecular weight excluding hydrogens is 546 g/mol. The van der Waals surface area contributed by atoms with Gasteiger partial charge in [-0.3, -0.25) is 10.1 Å². The Labute approximate surface area is 242 Å². The van der Waals surface area contributed by atoms with Gasteiger partial charge in [-0.1, -0.05) is 78.3 Å². The van der Waals surface area contributed by atoms with Crippen LogP contribution in [0, 0.1) is 0 Å². The van der Waals surface area contributed by atoms with E-state index in [1.54, 1.807) is 13.2 Å². The van der Waals surface area contributed by atoms with Gasteiger partial charge in [0.05, 0.1) is 34.0 Å². The molecule has 1 unspecified atom stereocenters. The maximum absolute atomic E-state index is 12.7. The van der Waals surface area contributed by atoms with E-state index >= 15 is 0 Å². The summed E-state index contributed by atoms with van der Waals surface area (Å²) >= 11 is 7.72. The minimum Gasteiger partial charge on any atom is -0.496 e. The normalized spacial score (nSPS) is 14.2. The third-order valence-electron chi connectivity index (χ3n) is 7.12. The van der Waals surface area contributed by atoms with E-state index < -0.39 is 17.6 Å². The standard InChI is InChI=1S/C32H30ClNO5S/c1-4-38-30(35)32(16-17-32)24-13-10-22(11-14-24)25-15-12-23(18-27(25)37-3)29-26(19-28(33)40-29)34-31(36)39-20(2)21-8-6-5-7-9-21/h5-15,18-20H,4,16-17H2,1-3H3,(H,34,36). The van der Waals surface area contributed by atoms with Crippen LogP contribution in [-0.2, 0) is 19.7 Å². The van der Waals surface area contributed by atoms with E-state index in [0.29, 0.717) is 22.4 Å². The number of methoxy groups -OCH3 is 1. The van der Waals surface area contributed by atoms with Crippen molar-refractivity contribution >= 4 is 40.7 Å². The van der Waals surface area contributed by atoms with Gasteiger partial charge in [-0.05, 0) is 61.1 Å². The van der Waals surface area contributed by atoms with Crippen molar-refractivity contribution in [2.24, 2.45) is 0 Å². The number of esters is 1. The number of ether oxygens (including phenoxy) is 3. The highest BCUT2D eigenvalue weighted by atomic mass is 35.5. The molecule has 0 saturated heterocycles. The molecule has 5 rings (SSSR count). The number of benzene rings is 3. The minimum atomic E-state index is -0.563. The molecular formula is C32H30ClNO5S. The van der Waals surface area contributed by atoms with Gasteiger partial charge >= 0.3 is 12.1 Å². The van der Waals surface area contributed by atoms with E-state index in [0.717, 1.165) is 45.5 Å². The van der Waals surface area contributed by atoms with Crippen LogP contribution in [0.5, 0.6) is 5.75 Å². The van der Waals surface area contributed by atoms with Gasteiger partial charge in [0.15, 0.2) is 0 Å². The van der Waals surface area contributed by atoms with Crippen molar-refractivity contribution in [3.05, 3.63) is 94.3 Å². The molecule has 0 bridgehead atoms. The summed E-state index contributed by atoms with van der Waals surface area (Å²) in [6, 6.07) is 25.1. The van der Waals surface area contributed by atoms with Crippen LogP contribution in [0.3, 0.4) is 0 Å². The Bertz CT molecular complexity index is 1510. The molecule has 6 nitrogen and oxygen atoms in total. The van der Waals surface area contributed by atoms with Crippen LogP contribution in [0.2, 0.25) is 4.34 Å². The monoisotopic (exact) mass is 575 g/mol. The number of anilines is 1. The van der Waals surface area contributed by atoms with E-state index in [1.165, 1.54) is 11.3 Å². The van der Waals surface area contributed by atoms with Gasteiger partial charge in [0.2, 0.25) is 0 Å². The van der Waals surface area contributed by atoms with Gasteiger partial charge < -0.3 is 14.2 Å². The first kappa shape index (κ1) is 27.7. The summed E-state index contributed by atoms with van der Waals surface area (Å²) in [5, 5.41) is 2.84. The summed E-state index contributed by atoms with van der Waals surface area (Å²) in [5.41, 5.74) is 4.66. The fraction of sp³-hybridized carbons (Fsp3) is 0.250. The van der Waals surface area contributed by atoms with Gasteiger partial charge in [-0.25, -0.2) is 4.79 Å². The molecule has 0 spiro atoms. The Kier molecular flexibility index (Phi) is 8.14. The second-order valence-corrected chi connectivity index (χ2v) is 11.4. The van der Waals surface area contributed by atoms with Crippen LogP contribution in [0.15, 0.2) is 78.9 Å². The number of carbonyl (C=O) groups is 2. The average Bonchev–Trinajstić information content (AvgIpc) is 3.70. The van der Waals surface area contributed by atoms with Crippen LogP contribution in [0.25, 0.3) is 21.6 Å². The van der Waals surface area contributed by atoms with Crippen LogP contribution in [-0.4, -0.2) is 25.8 Å². The molecule has 40 heavy (non-hydrogen) atoms. The van der Waals surface area contributed by atoms with Gasteiger partial charge in [0, 0.05) is 5.56 Å². The number of hydrogen-bond acceptors (Lipinski definition) is 6. The van der Waals surface area contributed by atoms with Crippen LogP contribution < -0.4 is 10.1 Å². The van der Waals surface area contributed by atoms with Gasteiger partial charge in [-0.15, -0.1) is 11.3 Å². The summed E-state index contributed by atoms with van der Waals surface area (Å²) in [4.78, 5) is 26.0. The Morgan fingerprint density at radius 1 is 1.00 bits per heavy atom. The van der Waals surface area contributed by atoms with E-state index in [9.17, 15) is 9.59 Å². The maximum atomic E-state index is 12.7. The largest absolute Gasteiger partial charge is 0.496 e. The number of hydrogen-bond donors (Lipinski definition) is 1. The molecule has 1 atom stereocenters. The van der Waals surface area contributed by atoms with Gasteiger partial charge in [0.1, 0.15) is 11.9 Å². The second-order valence-electron chi connectivity index (χ2n) is 9.67. The van der Waals surface area contributed by atoms with Gasteiger partial charge in [-0.2, -0.15) is 0 Å².